The topological polar surface area (TPSA) is 71.1 Å². The molecule has 1 aliphatic rings. The van der Waals surface area contributed by atoms with Crippen molar-refractivity contribution in [2.45, 2.75) is 26.1 Å². The molecule has 0 amide bonds. The molecule has 0 saturated carbocycles. The first-order valence-corrected chi connectivity index (χ1v) is 11.1. The fraction of sp³-hybridized carbons (Fsp3) is 0.250. The van der Waals surface area contributed by atoms with Gasteiger partial charge in [0.15, 0.2) is 5.88 Å². The van der Waals surface area contributed by atoms with Crippen molar-refractivity contribution in [1.29, 1.82) is 0 Å². The number of ether oxygens (including phenoxy) is 1. The van der Waals surface area contributed by atoms with Gasteiger partial charge in [0.2, 0.25) is 0 Å². The van der Waals surface area contributed by atoms with E-state index in [0.29, 0.717) is 11.3 Å². The summed E-state index contributed by atoms with van der Waals surface area (Å²) in [6, 6.07) is 17.1. The minimum atomic E-state index is 0.170. The van der Waals surface area contributed by atoms with E-state index in [1.165, 1.54) is 0 Å². The molecule has 1 fully saturated rings. The lowest BCUT2D eigenvalue weighted by Crippen LogP contribution is -2.45. The molecule has 5 rings (SSSR count). The second-order valence-electron chi connectivity index (χ2n) is 7.78. The molecule has 1 N–H and O–H groups in total. The zero-order valence-electron chi connectivity index (χ0n) is 17.4. The summed E-state index contributed by atoms with van der Waals surface area (Å²) in [5.41, 5.74) is 2.32. The first-order valence-electron chi connectivity index (χ1n) is 10.3. The monoisotopic (exact) mass is 433 g/mol. The number of benzene rings is 2. The molecule has 0 bridgehead atoms. The van der Waals surface area contributed by atoms with Gasteiger partial charge in [-0.25, -0.2) is 4.98 Å². The predicted molar refractivity (Wildman–Crippen MR) is 125 cm³/mol. The van der Waals surface area contributed by atoms with E-state index in [1.54, 1.807) is 29.7 Å². The summed E-state index contributed by atoms with van der Waals surface area (Å²) >= 11 is 1.55. The average molecular weight is 434 g/mol. The van der Waals surface area contributed by atoms with Gasteiger partial charge >= 0.3 is 0 Å². The van der Waals surface area contributed by atoms with Gasteiger partial charge in [-0.2, -0.15) is 0 Å². The van der Waals surface area contributed by atoms with Gasteiger partial charge in [-0.3, -0.25) is 4.99 Å². The molecule has 0 spiro atoms. The number of anilines is 1. The van der Waals surface area contributed by atoms with Crippen LogP contribution in [0.1, 0.15) is 19.6 Å². The lowest BCUT2D eigenvalue weighted by molar-refractivity contribution is -0.00640. The summed E-state index contributed by atoms with van der Waals surface area (Å²) in [7, 11) is 0. The van der Waals surface area contributed by atoms with Crippen LogP contribution in [-0.4, -0.2) is 41.6 Å². The first kappa shape index (κ1) is 19.8. The summed E-state index contributed by atoms with van der Waals surface area (Å²) in [4.78, 5) is 11.4. The van der Waals surface area contributed by atoms with Crippen LogP contribution < -0.4 is 4.90 Å². The average Bonchev–Trinajstić information content (AvgIpc) is 3.39. The van der Waals surface area contributed by atoms with Crippen LogP contribution in [0.5, 0.6) is 5.75 Å². The van der Waals surface area contributed by atoms with Crippen molar-refractivity contribution in [3.8, 4) is 16.3 Å². The Labute approximate surface area is 184 Å². The highest BCUT2D eigenvalue weighted by Gasteiger charge is 2.24. The Hall–Kier alpha value is -3.16. The number of hydrogen-bond acceptors (Lipinski definition) is 7. The summed E-state index contributed by atoms with van der Waals surface area (Å²) in [5.74, 6) is 1.69. The smallest absolute Gasteiger partial charge is 0.196 e. The van der Waals surface area contributed by atoms with Crippen molar-refractivity contribution < 1.29 is 14.3 Å². The zero-order valence-corrected chi connectivity index (χ0v) is 18.2. The van der Waals surface area contributed by atoms with Crippen LogP contribution in [-0.2, 0) is 4.74 Å². The van der Waals surface area contributed by atoms with Gasteiger partial charge < -0.3 is 19.2 Å². The molecule has 2 aromatic carbocycles. The van der Waals surface area contributed by atoms with Crippen molar-refractivity contribution in [3.05, 3.63) is 60.4 Å². The van der Waals surface area contributed by atoms with E-state index in [2.05, 4.69) is 28.7 Å². The maximum Gasteiger partial charge on any atom is 0.196 e. The molecule has 6 nitrogen and oxygen atoms in total. The minimum Gasteiger partial charge on any atom is -0.507 e. The van der Waals surface area contributed by atoms with Gasteiger partial charge in [0.1, 0.15) is 16.5 Å². The number of morpholine rings is 1. The van der Waals surface area contributed by atoms with E-state index in [0.717, 1.165) is 39.9 Å². The fourth-order valence-corrected chi connectivity index (χ4v) is 4.83. The number of rotatable bonds is 4. The molecule has 1 aliphatic heterocycles. The second kappa shape index (κ2) is 8.17. The molecule has 2 atom stereocenters. The largest absolute Gasteiger partial charge is 0.507 e. The Balaban J connectivity index is 1.37. The van der Waals surface area contributed by atoms with Gasteiger partial charge in [-0.1, -0.05) is 12.1 Å². The fourth-order valence-electron chi connectivity index (χ4n) is 3.84. The number of phenols is 1. The van der Waals surface area contributed by atoms with Crippen molar-refractivity contribution in [1.82, 2.24) is 4.98 Å². The van der Waals surface area contributed by atoms with Crippen LogP contribution in [0.3, 0.4) is 0 Å². The molecule has 0 aliphatic carbocycles. The molecule has 4 aromatic rings. The highest BCUT2D eigenvalue weighted by Crippen LogP contribution is 2.37. The van der Waals surface area contributed by atoms with E-state index in [9.17, 15) is 5.11 Å². The molecule has 7 heteroatoms. The number of aromatic hydroxyl groups is 1. The van der Waals surface area contributed by atoms with Crippen LogP contribution >= 0.6 is 11.3 Å². The summed E-state index contributed by atoms with van der Waals surface area (Å²) < 4.78 is 12.9. The van der Waals surface area contributed by atoms with E-state index < -0.39 is 0 Å². The Morgan fingerprint density at radius 2 is 1.90 bits per heavy atom. The van der Waals surface area contributed by atoms with Crippen molar-refractivity contribution in [2.24, 2.45) is 4.99 Å². The van der Waals surface area contributed by atoms with Crippen molar-refractivity contribution >= 4 is 39.3 Å². The van der Waals surface area contributed by atoms with E-state index in [1.807, 2.05) is 42.5 Å². The number of para-hydroxylation sites is 1. The lowest BCUT2D eigenvalue weighted by Gasteiger charge is -2.35. The SMILES string of the molecule is CC1CN(c2ccc(C=Nc3ccc(O)c(-c4nc5ccccc5s4)c3)o2)CC(C)O1. The van der Waals surface area contributed by atoms with Gasteiger partial charge in [0.25, 0.3) is 0 Å². The normalized spacial score (nSPS) is 19.5. The van der Waals surface area contributed by atoms with E-state index in [4.69, 9.17) is 9.15 Å². The maximum absolute atomic E-state index is 10.4. The van der Waals surface area contributed by atoms with Gasteiger partial charge in [-0.05, 0) is 50.2 Å². The standard InChI is InChI=1S/C24H23N3O3S/c1-15-13-27(14-16(2)29-15)23-10-8-18(30-23)12-25-17-7-9-21(28)19(11-17)24-26-20-5-3-4-6-22(20)31-24/h3-12,15-16,28H,13-14H2,1-2H3. The van der Waals surface area contributed by atoms with Gasteiger partial charge in [0.05, 0.1) is 39.9 Å². The van der Waals surface area contributed by atoms with Gasteiger partial charge in [0, 0.05) is 19.2 Å². The number of fused-ring (bicyclic) bond motifs is 1. The minimum absolute atomic E-state index is 0.170. The summed E-state index contributed by atoms with van der Waals surface area (Å²) in [6.07, 6.45) is 2.04. The Bertz CT molecular complexity index is 1200. The lowest BCUT2D eigenvalue weighted by atomic mass is 10.2. The van der Waals surface area contributed by atoms with Crippen LogP contribution in [0.2, 0.25) is 0 Å². The molecule has 2 unspecified atom stereocenters. The highest BCUT2D eigenvalue weighted by atomic mass is 32.1. The summed E-state index contributed by atoms with van der Waals surface area (Å²) in [5, 5.41) is 11.1. The van der Waals surface area contributed by atoms with Crippen LogP contribution in [0.15, 0.2) is 64.0 Å². The Morgan fingerprint density at radius 1 is 1.10 bits per heavy atom. The number of furan rings is 1. The number of phenolic OH excluding ortho intramolecular Hbond substituents is 1. The van der Waals surface area contributed by atoms with Gasteiger partial charge in [-0.15, -0.1) is 11.3 Å². The maximum atomic E-state index is 10.4. The van der Waals surface area contributed by atoms with Crippen LogP contribution in [0.25, 0.3) is 20.8 Å². The number of aromatic nitrogens is 1. The molecule has 3 heterocycles. The van der Waals surface area contributed by atoms with E-state index >= 15 is 0 Å². The third-order valence-electron chi connectivity index (χ3n) is 5.19. The van der Waals surface area contributed by atoms with Crippen LogP contribution in [0, 0.1) is 0 Å². The third-order valence-corrected chi connectivity index (χ3v) is 6.26. The zero-order chi connectivity index (χ0) is 21.4. The molecule has 158 valence electrons. The van der Waals surface area contributed by atoms with E-state index in [-0.39, 0.29) is 18.0 Å². The first-order chi connectivity index (χ1) is 15.0. The van der Waals surface area contributed by atoms with Crippen LogP contribution in [0.4, 0.5) is 11.6 Å². The molecule has 0 radical (unpaired) electrons. The number of nitrogens with zero attached hydrogens (tertiary/aromatic N) is 3. The number of hydrogen-bond donors (Lipinski definition) is 1. The second-order valence-corrected chi connectivity index (χ2v) is 8.82. The Kier molecular flexibility index (Phi) is 5.21. The Morgan fingerprint density at radius 3 is 2.71 bits per heavy atom. The summed E-state index contributed by atoms with van der Waals surface area (Å²) in [6.45, 7) is 5.75. The highest BCUT2D eigenvalue weighted by molar-refractivity contribution is 7.21. The molecular weight excluding hydrogens is 410 g/mol. The molecule has 2 aromatic heterocycles. The molecule has 31 heavy (non-hydrogen) atoms. The molecular formula is C24H23N3O3S. The quantitative estimate of drug-likeness (QED) is 0.423. The molecule has 1 saturated heterocycles. The third kappa shape index (κ3) is 4.19. The van der Waals surface area contributed by atoms with Crippen molar-refractivity contribution in [2.75, 3.05) is 18.0 Å². The predicted octanol–water partition coefficient (Wildman–Crippen LogP) is 5.63. The number of thiazole rings is 1. The number of aliphatic imine (C=N–C) groups is 1. The van der Waals surface area contributed by atoms with Crippen molar-refractivity contribution in [3.63, 3.8) is 0 Å².